The molecule has 2 amide bonds. The van der Waals surface area contributed by atoms with Crippen molar-refractivity contribution in [2.75, 3.05) is 5.32 Å². The molecule has 0 spiro atoms. The molecule has 0 aliphatic rings. The monoisotopic (exact) mass is 373 g/mol. The number of nitrogens with one attached hydrogen (secondary N) is 2. The number of aromatic hydroxyl groups is 1. The van der Waals surface area contributed by atoms with Crippen LogP contribution in [0.15, 0.2) is 41.5 Å². The molecule has 0 atom stereocenters. The van der Waals surface area contributed by atoms with Crippen LogP contribution in [-0.2, 0) is 9.59 Å². The van der Waals surface area contributed by atoms with E-state index in [9.17, 15) is 14.7 Å². The van der Waals surface area contributed by atoms with Crippen LogP contribution in [0.25, 0.3) is 0 Å². The molecule has 0 heterocycles. The lowest BCUT2D eigenvalue weighted by molar-refractivity contribution is -0.124. The van der Waals surface area contributed by atoms with Crippen molar-refractivity contribution in [2.45, 2.75) is 26.7 Å². The van der Waals surface area contributed by atoms with Gasteiger partial charge in [-0.3, -0.25) is 9.59 Å². The molecule has 0 aliphatic carbocycles. The first-order chi connectivity index (χ1) is 12.3. The third kappa shape index (κ3) is 5.89. The molecule has 0 fully saturated rings. The fourth-order valence-electron chi connectivity index (χ4n) is 2.13. The number of hydrogen-bond acceptors (Lipinski definition) is 4. The summed E-state index contributed by atoms with van der Waals surface area (Å²) < 4.78 is 0. The molecule has 26 heavy (non-hydrogen) atoms. The fourth-order valence-corrected chi connectivity index (χ4v) is 2.31. The van der Waals surface area contributed by atoms with Gasteiger partial charge in [0.1, 0.15) is 5.75 Å². The summed E-state index contributed by atoms with van der Waals surface area (Å²) in [6.07, 6.45) is 1.32. The van der Waals surface area contributed by atoms with E-state index in [1.54, 1.807) is 6.07 Å². The largest absolute Gasteiger partial charge is 0.507 e. The van der Waals surface area contributed by atoms with Gasteiger partial charge in [0.15, 0.2) is 0 Å². The van der Waals surface area contributed by atoms with Crippen molar-refractivity contribution < 1.29 is 14.7 Å². The number of phenolic OH excluding ortho intramolecular Hbond substituents is 1. The number of aryl methyl sites for hydroxylation is 2. The number of carbonyl (C=O) groups is 2. The van der Waals surface area contributed by atoms with Crippen LogP contribution in [0.3, 0.4) is 0 Å². The van der Waals surface area contributed by atoms with Crippen LogP contribution in [0.2, 0.25) is 5.02 Å². The van der Waals surface area contributed by atoms with E-state index in [-0.39, 0.29) is 24.5 Å². The zero-order valence-electron chi connectivity index (χ0n) is 14.5. The van der Waals surface area contributed by atoms with Crippen LogP contribution in [0.4, 0.5) is 5.69 Å². The third-order valence-corrected chi connectivity index (χ3v) is 3.99. The minimum Gasteiger partial charge on any atom is -0.507 e. The van der Waals surface area contributed by atoms with Crippen molar-refractivity contribution >= 4 is 35.3 Å². The predicted molar refractivity (Wildman–Crippen MR) is 103 cm³/mol. The Bertz CT molecular complexity index is 850. The van der Waals surface area contributed by atoms with Gasteiger partial charge in [-0.05, 0) is 55.3 Å². The molecule has 0 saturated heterocycles. The van der Waals surface area contributed by atoms with Gasteiger partial charge in [-0.25, -0.2) is 5.43 Å². The highest BCUT2D eigenvalue weighted by Gasteiger charge is 2.07. The molecule has 3 N–H and O–H groups in total. The summed E-state index contributed by atoms with van der Waals surface area (Å²) >= 11 is 5.82. The Hall–Kier alpha value is -2.86. The van der Waals surface area contributed by atoms with Crippen LogP contribution in [0.1, 0.15) is 29.5 Å². The molecule has 0 bridgehead atoms. The summed E-state index contributed by atoms with van der Waals surface area (Å²) in [4.78, 5) is 23.7. The maximum Gasteiger partial charge on any atom is 0.240 e. The van der Waals surface area contributed by atoms with Gasteiger partial charge in [0.05, 0.1) is 6.21 Å². The maximum atomic E-state index is 11.9. The highest BCUT2D eigenvalue weighted by molar-refractivity contribution is 6.30. The van der Waals surface area contributed by atoms with Crippen molar-refractivity contribution in [3.63, 3.8) is 0 Å². The van der Waals surface area contributed by atoms with Gasteiger partial charge in [-0.2, -0.15) is 5.10 Å². The average molecular weight is 374 g/mol. The van der Waals surface area contributed by atoms with E-state index >= 15 is 0 Å². The second-order valence-corrected chi connectivity index (χ2v) is 6.28. The number of nitrogens with zero attached hydrogens (tertiary/aromatic N) is 1. The van der Waals surface area contributed by atoms with Gasteiger partial charge >= 0.3 is 0 Å². The highest BCUT2D eigenvalue weighted by Crippen LogP contribution is 2.19. The molecule has 6 nitrogen and oxygen atoms in total. The molecule has 7 heteroatoms. The lowest BCUT2D eigenvalue weighted by Gasteiger charge is -2.07. The van der Waals surface area contributed by atoms with E-state index in [1.165, 1.54) is 18.3 Å². The summed E-state index contributed by atoms with van der Waals surface area (Å²) in [6, 6.07) is 10.1. The Labute approximate surface area is 156 Å². The summed E-state index contributed by atoms with van der Waals surface area (Å²) in [7, 11) is 0. The standard InChI is InChI=1S/C19H20ClN3O3/c1-12-3-5-16(9-13(12)2)22-18(25)7-8-19(26)23-21-11-14-10-15(20)4-6-17(14)24/h3-6,9-11,24H,7-8H2,1-2H3,(H,22,25)(H,23,26). The number of amides is 2. The van der Waals surface area contributed by atoms with Gasteiger partial charge in [0.25, 0.3) is 0 Å². The number of anilines is 1. The normalized spacial score (nSPS) is 10.7. The summed E-state index contributed by atoms with van der Waals surface area (Å²) in [5, 5.41) is 16.6. The first-order valence-electron chi connectivity index (χ1n) is 8.02. The minimum absolute atomic E-state index is 0.000156. The number of hydrogen-bond donors (Lipinski definition) is 3. The van der Waals surface area contributed by atoms with E-state index in [4.69, 9.17) is 11.6 Å². The third-order valence-electron chi connectivity index (χ3n) is 3.75. The Morgan fingerprint density at radius 2 is 1.81 bits per heavy atom. The van der Waals surface area contributed by atoms with Crippen LogP contribution >= 0.6 is 11.6 Å². The maximum absolute atomic E-state index is 11.9. The lowest BCUT2D eigenvalue weighted by Crippen LogP contribution is -2.20. The number of carbonyl (C=O) groups excluding carboxylic acids is 2. The van der Waals surface area contributed by atoms with Gasteiger partial charge < -0.3 is 10.4 Å². The molecule has 136 valence electrons. The quantitative estimate of drug-likeness (QED) is 0.534. The molecule has 2 aromatic carbocycles. The molecular formula is C19H20ClN3O3. The number of hydrazone groups is 1. The Morgan fingerprint density at radius 3 is 2.54 bits per heavy atom. The molecule has 0 aliphatic heterocycles. The van der Waals surface area contributed by atoms with Gasteiger partial charge in [-0.1, -0.05) is 17.7 Å². The highest BCUT2D eigenvalue weighted by atomic mass is 35.5. The van der Waals surface area contributed by atoms with Crippen LogP contribution in [-0.4, -0.2) is 23.1 Å². The van der Waals surface area contributed by atoms with Crippen LogP contribution in [0, 0.1) is 13.8 Å². The number of rotatable bonds is 6. The minimum atomic E-state index is -0.405. The van der Waals surface area contributed by atoms with E-state index in [1.807, 2.05) is 32.0 Å². The second-order valence-electron chi connectivity index (χ2n) is 5.84. The van der Waals surface area contributed by atoms with Gasteiger partial charge in [0.2, 0.25) is 11.8 Å². The van der Waals surface area contributed by atoms with E-state index in [0.29, 0.717) is 16.3 Å². The number of halogens is 1. The van der Waals surface area contributed by atoms with E-state index in [0.717, 1.165) is 11.1 Å². The molecule has 0 unspecified atom stereocenters. The topological polar surface area (TPSA) is 90.8 Å². The van der Waals surface area contributed by atoms with E-state index < -0.39 is 5.91 Å². The summed E-state index contributed by atoms with van der Waals surface area (Å²) in [5.74, 6) is -0.655. The second kappa shape index (κ2) is 9.01. The average Bonchev–Trinajstić information content (AvgIpc) is 2.59. The van der Waals surface area contributed by atoms with Crippen molar-refractivity contribution in [3.05, 3.63) is 58.1 Å². The van der Waals surface area contributed by atoms with Gasteiger partial charge in [0, 0.05) is 29.1 Å². The lowest BCUT2D eigenvalue weighted by atomic mass is 10.1. The Morgan fingerprint density at radius 1 is 1.08 bits per heavy atom. The summed E-state index contributed by atoms with van der Waals surface area (Å²) in [5.41, 5.74) is 5.62. The predicted octanol–water partition coefficient (Wildman–Crippen LogP) is 3.53. The fraction of sp³-hybridized carbons (Fsp3) is 0.211. The van der Waals surface area contributed by atoms with Crippen molar-refractivity contribution in [3.8, 4) is 5.75 Å². The zero-order chi connectivity index (χ0) is 19.1. The van der Waals surface area contributed by atoms with Crippen molar-refractivity contribution in [1.82, 2.24) is 5.43 Å². The Balaban J connectivity index is 1.79. The molecule has 0 saturated carbocycles. The van der Waals surface area contributed by atoms with Crippen molar-refractivity contribution in [2.24, 2.45) is 5.10 Å². The van der Waals surface area contributed by atoms with Crippen molar-refractivity contribution in [1.29, 1.82) is 0 Å². The molecule has 0 aromatic heterocycles. The van der Waals surface area contributed by atoms with Crippen LogP contribution < -0.4 is 10.7 Å². The van der Waals surface area contributed by atoms with Crippen LogP contribution in [0.5, 0.6) is 5.75 Å². The van der Waals surface area contributed by atoms with Gasteiger partial charge in [-0.15, -0.1) is 0 Å². The number of benzene rings is 2. The first-order valence-corrected chi connectivity index (χ1v) is 8.40. The smallest absolute Gasteiger partial charge is 0.240 e. The summed E-state index contributed by atoms with van der Waals surface area (Å²) in [6.45, 7) is 3.96. The molecule has 2 rings (SSSR count). The Kier molecular flexibility index (Phi) is 6.74. The SMILES string of the molecule is Cc1ccc(NC(=O)CCC(=O)NN=Cc2cc(Cl)ccc2O)cc1C. The number of phenols is 1. The molecular weight excluding hydrogens is 354 g/mol. The molecule has 0 radical (unpaired) electrons. The first kappa shape index (κ1) is 19.5. The molecule has 2 aromatic rings. The zero-order valence-corrected chi connectivity index (χ0v) is 15.3. The van der Waals surface area contributed by atoms with E-state index in [2.05, 4.69) is 15.8 Å².